The van der Waals surface area contributed by atoms with Crippen LogP contribution in [-0.4, -0.2) is 22.8 Å². The van der Waals surface area contributed by atoms with Crippen molar-refractivity contribution in [2.45, 2.75) is 26.8 Å². The molecule has 14 heavy (non-hydrogen) atoms. The Bertz CT molecular complexity index is 268. The summed E-state index contributed by atoms with van der Waals surface area (Å²) in [5, 5.41) is 11.3. The van der Waals surface area contributed by atoms with Gasteiger partial charge >= 0.3 is 0 Å². The molecule has 0 saturated carbocycles. The van der Waals surface area contributed by atoms with Crippen molar-refractivity contribution in [3.63, 3.8) is 0 Å². The second-order valence-electron chi connectivity index (χ2n) is 3.79. The highest BCUT2D eigenvalue weighted by atomic mass is 15.2. The molecule has 0 radical (unpaired) electrons. The van der Waals surface area contributed by atoms with Crippen LogP contribution in [0.4, 0.5) is 5.82 Å². The number of hydrogen-bond donors (Lipinski definition) is 2. The first-order valence-corrected chi connectivity index (χ1v) is 4.90. The molecule has 1 heterocycles. The van der Waals surface area contributed by atoms with Crippen molar-refractivity contribution < 1.29 is 0 Å². The Balaban J connectivity index is 2.63. The lowest BCUT2D eigenvalue weighted by Crippen LogP contribution is -2.34. The molecule has 0 saturated heterocycles. The molecule has 0 aliphatic rings. The summed E-state index contributed by atoms with van der Waals surface area (Å²) < 4.78 is 0. The van der Waals surface area contributed by atoms with Gasteiger partial charge in [-0.15, -0.1) is 5.10 Å². The highest BCUT2D eigenvalue weighted by molar-refractivity contribution is 5.34. The lowest BCUT2D eigenvalue weighted by Gasteiger charge is -2.20. The first-order valence-electron chi connectivity index (χ1n) is 4.90. The summed E-state index contributed by atoms with van der Waals surface area (Å²) in [6.45, 7) is 6.78. The van der Waals surface area contributed by atoms with E-state index in [0.717, 1.165) is 11.5 Å². The molecule has 1 rings (SSSR count). The van der Waals surface area contributed by atoms with Crippen molar-refractivity contribution >= 4 is 5.82 Å². The SMILES string of the molecule is Cc1ccc(NC(CN)C(C)C)nn1. The highest BCUT2D eigenvalue weighted by Gasteiger charge is 2.11. The largest absolute Gasteiger partial charge is 0.364 e. The molecule has 0 fully saturated rings. The fraction of sp³-hybridized carbons (Fsp3) is 0.600. The van der Waals surface area contributed by atoms with E-state index in [-0.39, 0.29) is 6.04 Å². The van der Waals surface area contributed by atoms with Crippen molar-refractivity contribution in [1.29, 1.82) is 0 Å². The standard InChI is InChI=1S/C10H18N4/c1-7(2)9(6-11)12-10-5-4-8(3)13-14-10/h4-5,7,9H,6,11H2,1-3H3,(H,12,14). The van der Waals surface area contributed by atoms with Crippen LogP contribution in [0.25, 0.3) is 0 Å². The van der Waals surface area contributed by atoms with Crippen LogP contribution in [0.2, 0.25) is 0 Å². The van der Waals surface area contributed by atoms with Crippen LogP contribution in [0.1, 0.15) is 19.5 Å². The van der Waals surface area contributed by atoms with Crippen LogP contribution >= 0.6 is 0 Å². The number of aromatic nitrogens is 2. The molecular formula is C10H18N4. The second-order valence-corrected chi connectivity index (χ2v) is 3.79. The predicted octanol–water partition coefficient (Wildman–Crippen LogP) is 1.18. The van der Waals surface area contributed by atoms with Crippen molar-refractivity contribution in [3.8, 4) is 0 Å². The molecular weight excluding hydrogens is 176 g/mol. The molecule has 0 amide bonds. The highest BCUT2D eigenvalue weighted by Crippen LogP contribution is 2.08. The molecule has 0 spiro atoms. The van der Waals surface area contributed by atoms with Gasteiger partial charge in [-0.3, -0.25) is 0 Å². The molecule has 3 N–H and O–H groups in total. The number of rotatable bonds is 4. The Morgan fingerprint density at radius 3 is 2.50 bits per heavy atom. The van der Waals surface area contributed by atoms with E-state index in [1.54, 1.807) is 0 Å². The first-order chi connectivity index (χ1) is 6.63. The van der Waals surface area contributed by atoms with Crippen LogP contribution in [0.5, 0.6) is 0 Å². The van der Waals surface area contributed by atoms with Gasteiger partial charge in [-0.05, 0) is 25.0 Å². The molecule has 78 valence electrons. The molecule has 0 aromatic carbocycles. The Labute approximate surface area is 84.9 Å². The summed E-state index contributed by atoms with van der Waals surface area (Å²) in [6.07, 6.45) is 0. The van der Waals surface area contributed by atoms with E-state index in [0.29, 0.717) is 12.5 Å². The monoisotopic (exact) mass is 194 g/mol. The third-order valence-corrected chi connectivity index (χ3v) is 2.19. The molecule has 0 aliphatic heterocycles. The zero-order chi connectivity index (χ0) is 10.6. The van der Waals surface area contributed by atoms with Crippen LogP contribution in [0.3, 0.4) is 0 Å². The summed E-state index contributed by atoms with van der Waals surface area (Å²) in [5.41, 5.74) is 6.56. The van der Waals surface area contributed by atoms with Crippen LogP contribution in [0, 0.1) is 12.8 Å². The number of nitrogens with two attached hydrogens (primary N) is 1. The summed E-state index contributed by atoms with van der Waals surface area (Å²) >= 11 is 0. The second kappa shape index (κ2) is 4.91. The molecule has 1 atom stereocenters. The lowest BCUT2D eigenvalue weighted by atomic mass is 10.1. The normalized spacial score (nSPS) is 12.9. The van der Waals surface area contributed by atoms with E-state index in [4.69, 9.17) is 5.73 Å². The van der Waals surface area contributed by atoms with Crippen molar-refractivity contribution in [1.82, 2.24) is 10.2 Å². The van der Waals surface area contributed by atoms with Gasteiger partial charge in [0.05, 0.1) is 5.69 Å². The Morgan fingerprint density at radius 1 is 1.36 bits per heavy atom. The predicted molar refractivity (Wildman–Crippen MR) is 58.1 cm³/mol. The van der Waals surface area contributed by atoms with Gasteiger partial charge in [-0.1, -0.05) is 13.8 Å². The molecule has 4 nitrogen and oxygen atoms in total. The van der Waals surface area contributed by atoms with Crippen molar-refractivity contribution in [2.24, 2.45) is 11.7 Å². The van der Waals surface area contributed by atoms with Gasteiger partial charge < -0.3 is 11.1 Å². The summed E-state index contributed by atoms with van der Waals surface area (Å²) in [5.74, 6) is 1.28. The van der Waals surface area contributed by atoms with Crippen LogP contribution < -0.4 is 11.1 Å². The van der Waals surface area contributed by atoms with E-state index in [1.165, 1.54) is 0 Å². The van der Waals surface area contributed by atoms with E-state index < -0.39 is 0 Å². The zero-order valence-corrected chi connectivity index (χ0v) is 8.99. The van der Waals surface area contributed by atoms with Crippen molar-refractivity contribution in [3.05, 3.63) is 17.8 Å². The minimum atomic E-state index is 0.256. The fourth-order valence-electron chi connectivity index (χ4n) is 1.16. The quantitative estimate of drug-likeness (QED) is 0.755. The summed E-state index contributed by atoms with van der Waals surface area (Å²) in [6, 6.07) is 4.11. The smallest absolute Gasteiger partial charge is 0.148 e. The average Bonchev–Trinajstić information content (AvgIpc) is 2.16. The average molecular weight is 194 g/mol. The molecule has 0 bridgehead atoms. The van der Waals surface area contributed by atoms with Crippen LogP contribution in [-0.2, 0) is 0 Å². The van der Waals surface area contributed by atoms with Crippen LogP contribution in [0.15, 0.2) is 12.1 Å². The minimum Gasteiger partial charge on any atom is -0.364 e. The van der Waals surface area contributed by atoms with Gasteiger partial charge in [-0.25, -0.2) is 0 Å². The Hall–Kier alpha value is -1.16. The molecule has 1 aromatic heterocycles. The topological polar surface area (TPSA) is 63.8 Å². The summed E-state index contributed by atoms with van der Waals surface area (Å²) in [7, 11) is 0. The lowest BCUT2D eigenvalue weighted by molar-refractivity contribution is 0.529. The van der Waals surface area contributed by atoms with Gasteiger partial charge in [0, 0.05) is 12.6 Å². The molecule has 0 aliphatic carbocycles. The molecule has 1 aromatic rings. The van der Waals surface area contributed by atoms with Gasteiger partial charge in [0.15, 0.2) is 0 Å². The number of anilines is 1. The van der Waals surface area contributed by atoms with E-state index in [1.807, 2.05) is 19.1 Å². The number of hydrogen-bond acceptors (Lipinski definition) is 4. The maximum Gasteiger partial charge on any atom is 0.148 e. The van der Waals surface area contributed by atoms with Gasteiger partial charge in [-0.2, -0.15) is 5.10 Å². The molecule has 1 unspecified atom stereocenters. The maximum absolute atomic E-state index is 5.64. The number of aryl methyl sites for hydroxylation is 1. The third kappa shape index (κ3) is 2.96. The van der Waals surface area contributed by atoms with E-state index in [2.05, 4.69) is 29.4 Å². The van der Waals surface area contributed by atoms with Gasteiger partial charge in [0.2, 0.25) is 0 Å². The maximum atomic E-state index is 5.64. The third-order valence-electron chi connectivity index (χ3n) is 2.19. The minimum absolute atomic E-state index is 0.256. The van der Waals surface area contributed by atoms with Crippen molar-refractivity contribution in [2.75, 3.05) is 11.9 Å². The molecule has 4 heteroatoms. The van der Waals surface area contributed by atoms with Gasteiger partial charge in [0.1, 0.15) is 5.82 Å². The van der Waals surface area contributed by atoms with E-state index >= 15 is 0 Å². The zero-order valence-electron chi connectivity index (χ0n) is 8.99. The summed E-state index contributed by atoms with van der Waals surface area (Å²) in [4.78, 5) is 0. The van der Waals surface area contributed by atoms with Gasteiger partial charge in [0.25, 0.3) is 0 Å². The Morgan fingerprint density at radius 2 is 2.07 bits per heavy atom. The first kappa shape index (κ1) is 10.9. The fourth-order valence-corrected chi connectivity index (χ4v) is 1.16. The van der Waals surface area contributed by atoms with E-state index in [9.17, 15) is 0 Å². The number of nitrogens with one attached hydrogen (secondary N) is 1. The number of nitrogens with zero attached hydrogens (tertiary/aromatic N) is 2. The Kier molecular flexibility index (Phi) is 3.83.